The molecule has 0 saturated carbocycles. The number of hydrogen-bond donors (Lipinski definition) is 2. The number of carbonyl (C=O) groups excluding carboxylic acids is 1. The van der Waals surface area contributed by atoms with Crippen molar-refractivity contribution in [2.24, 2.45) is 0 Å². The predicted octanol–water partition coefficient (Wildman–Crippen LogP) is 1.50. The van der Waals surface area contributed by atoms with Gasteiger partial charge in [0, 0.05) is 31.7 Å². The van der Waals surface area contributed by atoms with E-state index in [2.05, 4.69) is 10.3 Å². The summed E-state index contributed by atoms with van der Waals surface area (Å²) in [6, 6.07) is 1.87. The molecule has 0 fully saturated rings. The Morgan fingerprint density at radius 3 is 3.00 bits per heavy atom. The Labute approximate surface area is 105 Å². The molecule has 0 spiro atoms. The van der Waals surface area contributed by atoms with Gasteiger partial charge >= 0.3 is 5.97 Å². The molecule has 0 aliphatic carbocycles. The van der Waals surface area contributed by atoms with E-state index in [1.54, 1.807) is 6.20 Å². The van der Waals surface area contributed by atoms with E-state index in [0.717, 1.165) is 23.0 Å². The molecule has 0 radical (unpaired) electrons. The van der Waals surface area contributed by atoms with Crippen molar-refractivity contribution in [2.45, 2.75) is 19.3 Å². The molecule has 1 aromatic heterocycles. The fourth-order valence-electron chi connectivity index (χ4n) is 1.86. The number of ketones is 1. The summed E-state index contributed by atoms with van der Waals surface area (Å²) in [5.74, 6) is 0.0321. The van der Waals surface area contributed by atoms with Crippen LogP contribution in [0, 0.1) is 0 Å². The van der Waals surface area contributed by atoms with Gasteiger partial charge in [-0.2, -0.15) is 0 Å². The summed E-state index contributed by atoms with van der Waals surface area (Å²) in [7, 11) is 0. The summed E-state index contributed by atoms with van der Waals surface area (Å²) < 4.78 is 0. The van der Waals surface area contributed by atoms with E-state index in [1.165, 1.54) is 6.08 Å². The maximum atomic E-state index is 11.4. The highest BCUT2D eigenvalue weighted by Crippen LogP contribution is 2.19. The van der Waals surface area contributed by atoms with Gasteiger partial charge in [-0.05, 0) is 29.7 Å². The Morgan fingerprint density at radius 2 is 2.22 bits per heavy atom. The highest BCUT2D eigenvalue weighted by molar-refractivity contribution is 5.85. The van der Waals surface area contributed by atoms with E-state index in [1.807, 2.05) is 6.07 Å². The summed E-state index contributed by atoms with van der Waals surface area (Å²) in [5.41, 5.74) is 1.68. The normalized spacial score (nSPS) is 15.7. The van der Waals surface area contributed by atoms with Crippen molar-refractivity contribution in [2.75, 3.05) is 11.9 Å². The van der Waals surface area contributed by atoms with Crippen LogP contribution >= 0.6 is 0 Å². The minimum absolute atomic E-state index is 0.236. The minimum Gasteiger partial charge on any atom is -0.478 e. The van der Waals surface area contributed by atoms with Crippen molar-refractivity contribution in [3.05, 3.63) is 29.5 Å². The first-order valence-corrected chi connectivity index (χ1v) is 5.80. The van der Waals surface area contributed by atoms with Gasteiger partial charge in [-0.3, -0.25) is 4.79 Å². The third-order valence-corrected chi connectivity index (χ3v) is 2.78. The van der Waals surface area contributed by atoms with Gasteiger partial charge in [0.2, 0.25) is 0 Å². The Bertz CT molecular complexity index is 509. The van der Waals surface area contributed by atoms with Crippen molar-refractivity contribution in [3.8, 4) is 0 Å². The van der Waals surface area contributed by atoms with E-state index in [4.69, 9.17) is 5.11 Å². The molecule has 0 amide bonds. The molecular formula is C13H14N2O3. The first-order chi connectivity index (χ1) is 8.65. The Balaban J connectivity index is 2.23. The topological polar surface area (TPSA) is 79.3 Å². The zero-order valence-electron chi connectivity index (χ0n) is 9.85. The number of Topliss-reactive ketones (excluding diaryl/α,β-unsaturated/α-hetero) is 1. The molecule has 0 aromatic carbocycles. The molecule has 2 N–H and O–H groups in total. The molecule has 1 aliphatic heterocycles. The zero-order valence-corrected chi connectivity index (χ0v) is 9.85. The maximum Gasteiger partial charge on any atom is 0.328 e. The first kappa shape index (κ1) is 12.3. The Hall–Kier alpha value is -2.17. The van der Waals surface area contributed by atoms with Crippen molar-refractivity contribution in [3.63, 3.8) is 0 Å². The van der Waals surface area contributed by atoms with Crippen LogP contribution in [0.3, 0.4) is 0 Å². The van der Waals surface area contributed by atoms with Crippen molar-refractivity contribution >= 4 is 23.6 Å². The van der Waals surface area contributed by atoms with Crippen LogP contribution in [0.1, 0.15) is 24.0 Å². The van der Waals surface area contributed by atoms with E-state index >= 15 is 0 Å². The van der Waals surface area contributed by atoms with Gasteiger partial charge in [0.15, 0.2) is 0 Å². The van der Waals surface area contributed by atoms with Gasteiger partial charge in [0.05, 0.1) is 0 Å². The molecule has 0 saturated heterocycles. The standard InChI is InChI=1S/C13H14N2O3/c16-11-3-2-10-7-9(1-4-12(17)18)8-15-13(10)14-6-5-11/h1,4,7-8H,2-3,5-6H2,(H,14,15)(H,17,18)/b4-1+. The van der Waals surface area contributed by atoms with Gasteiger partial charge < -0.3 is 10.4 Å². The number of pyridine rings is 1. The summed E-state index contributed by atoms with van der Waals surface area (Å²) in [4.78, 5) is 26.1. The molecule has 2 heterocycles. The lowest BCUT2D eigenvalue weighted by atomic mass is 10.0. The number of rotatable bonds is 2. The van der Waals surface area contributed by atoms with Crippen molar-refractivity contribution < 1.29 is 14.7 Å². The maximum absolute atomic E-state index is 11.4. The van der Waals surface area contributed by atoms with Gasteiger partial charge in [0.1, 0.15) is 11.6 Å². The lowest BCUT2D eigenvalue weighted by Gasteiger charge is -2.14. The smallest absolute Gasteiger partial charge is 0.328 e. The van der Waals surface area contributed by atoms with Crippen LogP contribution in [0.25, 0.3) is 6.08 Å². The molecule has 0 unspecified atom stereocenters. The van der Waals surface area contributed by atoms with Gasteiger partial charge in [-0.25, -0.2) is 9.78 Å². The van der Waals surface area contributed by atoms with Gasteiger partial charge in [0.25, 0.3) is 0 Å². The number of hydrogen-bond acceptors (Lipinski definition) is 4. The number of carboxylic acids is 1. The van der Waals surface area contributed by atoms with Crippen LogP contribution in [0.5, 0.6) is 0 Å². The number of anilines is 1. The SMILES string of the molecule is O=C(O)/C=C/c1cnc2c(c1)CCC(=O)CCN2. The fourth-order valence-corrected chi connectivity index (χ4v) is 1.86. The lowest BCUT2D eigenvalue weighted by Crippen LogP contribution is -2.15. The van der Waals surface area contributed by atoms with Crippen LogP contribution in [-0.2, 0) is 16.0 Å². The van der Waals surface area contributed by atoms with Gasteiger partial charge in [-0.15, -0.1) is 0 Å². The highest BCUT2D eigenvalue weighted by atomic mass is 16.4. The second-order valence-electron chi connectivity index (χ2n) is 4.16. The number of carbonyl (C=O) groups is 2. The minimum atomic E-state index is -0.991. The van der Waals surface area contributed by atoms with E-state index in [9.17, 15) is 9.59 Å². The van der Waals surface area contributed by atoms with Crippen molar-refractivity contribution in [1.82, 2.24) is 4.98 Å². The highest BCUT2D eigenvalue weighted by Gasteiger charge is 2.12. The number of aromatic nitrogens is 1. The van der Waals surface area contributed by atoms with Crippen molar-refractivity contribution in [1.29, 1.82) is 0 Å². The molecule has 94 valence electrons. The molecule has 1 aliphatic rings. The summed E-state index contributed by atoms with van der Waals surface area (Å²) >= 11 is 0. The van der Waals surface area contributed by atoms with Crippen LogP contribution < -0.4 is 5.32 Å². The number of nitrogens with zero attached hydrogens (tertiary/aromatic N) is 1. The number of fused-ring (bicyclic) bond motifs is 1. The molecule has 2 rings (SSSR count). The van der Waals surface area contributed by atoms with E-state index in [-0.39, 0.29) is 5.78 Å². The second-order valence-corrected chi connectivity index (χ2v) is 4.16. The Morgan fingerprint density at radius 1 is 1.39 bits per heavy atom. The average molecular weight is 246 g/mol. The number of carboxylic acid groups (broad SMARTS) is 1. The zero-order chi connectivity index (χ0) is 13.0. The third-order valence-electron chi connectivity index (χ3n) is 2.78. The largest absolute Gasteiger partial charge is 0.478 e. The summed E-state index contributed by atoms with van der Waals surface area (Å²) in [6.45, 7) is 0.600. The number of aliphatic carboxylic acids is 1. The fraction of sp³-hybridized carbons (Fsp3) is 0.308. The van der Waals surface area contributed by atoms with Crippen LogP contribution in [0.15, 0.2) is 18.3 Å². The van der Waals surface area contributed by atoms with Crippen LogP contribution in [0.2, 0.25) is 0 Å². The molecule has 1 aromatic rings. The number of aryl methyl sites for hydroxylation is 1. The predicted molar refractivity (Wildman–Crippen MR) is 67.3 cm³/mol. The Kier molecular flexibility index (Phi) is 3.72. The lowest BCUT2D eigenvalue weighted by molar-refractivity contribution is -0.131. The molecular weight excluding hydrogens is 232 g/mol. The van der Waals surface area contributed by atoms with Crippen LogP contribution in [0.4, 0.5) is 5.82 Å². The summed E-state index contributed by atoms with van der Waals surface area (Å²) in [6.07, 6.45) is 5.88. The molecule has 18 heavy (non-hydrogen) atoms. The molecule has 5 nitrogen and oxygen atoms in total. The monoisotopic (exact) mass is 246 g/mol. The molecule has 5 heteroatoms. The second kappa shape index (κ2) is 5.44. The first-order valence-electron chi connectivity index (χ1n) is 5.80. The van der Waals surface area contributed by atoms with E-state index in [0.29, 0.717) is 25.8 Å². The van der Waals surface area contributed by atoms with Crippen LogP contribution in [-0.4, -0.2) is 28.4 Å². The van der Waals surface area contributed by atoms with Gasteiger partial charge in [-0.1, -0.05) is 0 Å². The third kappa shape index (κ3) is 3.16. The number of nitrogens with one attached hydrogen (secondary N) is 1. The molecule has 0 atom stereocenters. The average Bonchev–Trinajstić information content (AvgIpc) is 2.33. The molecule has 0 bridgehead atoms. The quantitative estimate of drug-likeness (QED) is 0.773. The van der Waals surface area contributed by atoms with E-state index < -0.39 is 5.97 Å². The summed E-state index contributed by atoms with van der Waals surface area (Å²) in [5, 5.41) is 11.7.